The minimum Gasteiger partial charge on any atom is -0.282 e. The standard InChI is InChI=1S/C12H17ClO3S/c1-2-3-4-11(13)9-10-5-7-12(8-6-10)17(14,15)16/h5-8,11H,2-4,9H2,1H3,(H,14,15,16). The molecule has 5 heteroatoms. The highest BCUT2D eigenvalue weighted by Gasteiger charge is 2.10. The second-order valence-corrected chi connectivity index (χ2v) is 6.10. The fourth-order valence-corrected chi connectivity index (χ4v) is 2.39. The molecular formula is C12H17ClO3S. The minimum atomic E-state index is -4.10. The molecule has 0 aliphatic heterocycles. The molecule has 0 heterocycles. The van der Waals surface area contributed by atoms with Crippen LogP contribution in [-0.2, 0) is 16.5 Å². The number of unbranched alkanes of at least 4 members (excludes halogenated alkanes) is 1. The van der Waals surface area contributed by atoms with Crippen molar-refractivity contribution in [1.82, 2.24) is 0 Å². The molecule has 0 fully saturated rings. The van der Waals surface area contributed by atoms with Gasteiger partial charge in [-0.2, -0.15) is 8.42 Å². The Balaban J connectivity index is 2.63. The van der Waals surface area contributed by atoms with Gasteiger partial charge in [0.2, 0.25) is 0 Å². The van der Waals surface area contributed by atoms with Crippen LogP contribution in [0.1, 0.15) is 31.7 Å². The Hall–Kier alpha value is -0.580. The van der Waals surface area contributed by atoms with Crippen molar-refractivity contribution in [1.29, 1.82) is 0 Å². The average Bonchev–Trinajstić information content (AvgIpc) is 2.26. The molecule has 1 N–H and O–H groups in total. The molecule has 1 unspecified atom stereocenters. The molecule has 17 heavy (non-hydrogen) atoms. The van der Waals surface area contributed by atoms with Gasteiger partial charge in [0.15, 0.2) is 0 Å². The third-order valence-corrected chi connectivity index (χ3v) is 3.79. The van der Waals surface area contributed by atoms with E-state index in [1.807, 2.05) is 0 Å². The molecule has 0 radical (unpaired) electrons. The quantitative estimate of drug-likeness (QED) is 0.641. The zero-order valence-electron chi connectivity index (χ0n) is 9.77. The van der Waals surface area contributed by atoms with Crippen molar-refractivity contribution < 1.29 is 13.0 Å². The second kappa shape index (κ2) is 6.38. The van der Waals surface area contributed by atoms with E-state index in [9.17, 15) is 8.42 Å². The lowest BCUT2D eigenvalue weighted by Gasteiger charge is -2.08. The van der Waals surface area contributed by atoms with Gasteiger partial charge >= 0.3 is 0 Å². The van der Waals surface area contributed by atoms with Gasteiger partial charge in [0.25, 0.3) is 10.1 Å². The van der Waals surface area contributed by atoms with Crippen LogP contribution in [-0.4, -0.2) is 18.3 Å². The molecule has 0 aliphatic carbocycles. The summed E-state index contributed by atoms with van der Waals surface area (Å²) in [5.74, 6) is 0. The van der Waals surface area contributed by atoms with Crippen molar-refractivity contribution >= 4 is 21.7 Å². The van der Waals surface area contributed by atoms with E-state index in [-0.39, 0.29) is 10.3 Å². The van der Waals surface area contributed by atoms with Gasteiger partial charge in [-0.25, -0.2) is 0 Å². The Bertz CT molecular complexity index is 439. The van der Waals surface area contributed by atoms with Crippen LogP contribution in [0.25, 0.3) is 0 Å². The van der Waals surface area contributed by atoms with Crippen molar-refractivity contribution in [2.24, 2.45) is 0 Å². The Morgan fingerprint density at radius 2 is 1.88 bits per heavy atom. The highest BCUT2D eigenvalue weighted by atomic mass is 35.5. The maximum atomic E-state index is 10.8. The first-order chi connectivity index (χ1) is 7.93. The van der Waals surface area contributed by atoms with Gasteiger partial charge < -0.3 is 0 Å². The van der Waals surface area contributed by atoms with Crippen molar-refractivity contribution in [2.45, 2.75) is 42.9 Å². The van der Waals surface area contributed by atoms with E-state index < -0.39 is 10.1 Å². The van der Waals surface area contributed by atoms with Gasteiger partial charge in [0.05, 0.1) is 4.90 Å². The Labute approximate surface area is 108 Å². The lowest BCUT2D eigenvalue weighted by Crippen LogP contribution is -2.04. The van der Waals surface area contributed by atoms with Crippen LogP contribution < -0.4 is 0 Å². The fraction of sp³-hybridized carbons (Fsp3) is 0.500. The van der Waals surface area contributed by atoms with E-state index in [1.165, 1.54) is 12.1 Å². The maximum Gasteiger partial charge on any atom is 0.294 e. The summed E-state index contributed by atoms with van der Waals surface area (Å²) < 4.78 is 30.5. The zero-order chi connectivity index (χ0) is 12.9. The predicted octanol–water partition coefficient (Wildman–Crippen LogP) is 3.27. The van der Waals surface area contributed by atoms with Crippen molar-refractivity contribution in [3.8, 4) is 0 Å². The Morgan fingerprint density at radius 3 is 2.35 bits per heavy atom. The van der Waals surface area contributed by atoms with Crippen LogP contribution in [0.4, 0.5) is 0 Å². The molecule has 1 aromatic rings. The number of alkyl halides is 1. The molecule has 96 valence electrons. The van der Waals surface area contributed by atoms with Crippen LogP contribution in [0, 0.1) is 0 Å². The summed E-state index contributed by atoms with van der Waals surface area (Å²) in [6, 6.07) is 6.16. The Morgan fingerprint density at radius 1 is 1.29 bits per heavy atom. The van der Waals surface area contributed by atoms with Crippen LogP contribution in [0.5, 0.6) is 0 Å². The van der Waals surface area contributed by atoms with Crippen LogP contribution in [0.2, 0.25) is 0 Å². The third kappa shape index (κ3) is 5.06. The van der Waals surface area contributed by atoms with E-state index in [0.29, 0.717) is 6.42 Å². The second-order valence-electron chi connectivity index (χ2n) is 4.06. The van der Waals surface area contributed by atoms with Gasteiger partial charge in [-0.1, -0.05) is 31.9 Å². The van der Waals surface area contributed by atoms with Crippen LogP contribution in [0.15, 0.2) is 29.2 Å². The number of halogens is 1. The van der Waals surface area contributed by atoms with Crippen molar-refractivity contribution in [3.05, 3.63) is 29.8 Å². The van der Waals surface area contributed by atoms with E-state index in [4.69, 9.17) is 16.2 Å². The monoisotopic (exact) mass is 276 g/mol. The number of hydrogen-bond donors (Lipinski definition) is 1. The largest absolute Gasteiger partial charge is 0.294 e. The molecule has 0 spiro atoms. The molecule has 1 atom stereocenters. The third-order valence-electron chi connectivity index (χ3n) is 2.55. The summed E-state index contributed by atoms with van der Waals surface area (Å²) in [5, 5.41) is 0.0755. The summed E-state index contributed by atoms with van der Waals surface area (Å²) in [5.41, 5.74) is 0.980. The lowest BCUT2D eigenvalue weighted by atomic mass is 10.1. The van der Waals surface area contributed by atoms with Crippen molar-refractivity contribution in [3.63, 3.8) is 0 Å². The summed E-state index contributed by atoms with van der Waals surface area (Å²) >= 11 is 6.16. The zero-order valence-corrected chi connectivity index (χ0v) is 11.3. The SMILES string of the molecule is CCCCC(Cl)Cc1ccc(S(=O)(=O)O)cc1. The lowest BCUT2D eigenvalue weighted by molar-refractivity contribution is 0.483. The molecular weight excluding hydrogens is 260 g/mol. The van der Waals surface area contributed by atoms with Gasteiger partial charge in [-0.3, -0.25) is 4.55 Å². The summed E-state index contributed by atoms with van der Waals surface area (Å²) in [7, 11) is -4.10. The first kappa shape index (κ1) is 14.5. The molecule has 0 bridgehead atoms. The van der Waals surface area contributed by atoms with E-state index in [2.05, 4.69) is 6.92 Å². The van der Waals surface area contributed by atoms with Crippen LogP contribution >= 0.6 is 11.6 Å². The molecule has 1 aromatic carbocycles. The van der Waals surface area contributed by atoms with E-state index in [0.717, 1.165) is 24.8 Å². The topological polar surface area (TPSA) is 54.4 Å². The summed E-state index contributed by atoms with van der Waals surface area (Å²) in [6.07, 6.45) is 3.88. The summed E-state index contributed by atoms with van der Waals surface area (Å²) in [6.45, 7) is 2.12. The Kier molecular flexibility index (Phi) is 5.43. The maximum absolute atomic E-state index is 10.8. The highest BCUT2D eigenvalue weighted by Crippen LogP contribution is 2.16. The molecule has 0 saturated heterocycles. The predicted molar refractivity (Wildman–Crippen MR) is 69.1 cm³/mol. The number of rotatable bonds is 6. The van der Waals surface area contributed by atoms with E-state index in [1.54, 1.807) is 12.1 Å². The van der Waals surface area contributed by atoms with Gasteiger partial charge in [-0.05, 0) is 30.5 Å². The number of hydrogen-bond acceptors (Lipinski definition) is 2. The first-order valence-corrected chi connectivity index (χ1v) is 7.51. The first-order valence-electron chi connectivity index (χ1n) is 5.64. The minimum absolute atomic E-state index is 0.0755. The van der Waals surface area contributed by atoms with Crippen LogP contribution in [0.3, 0.4) is 0 Å². The molecule has 0 aliphatic rings. The fourth-order valence-electron chi connectivity index (χ4n) is 1.58. The van der Waals surface area contributed by atoms with E-state index >= 15 is 0 Å². The summed E-state index contributed by atoms with van der Waals surface area (Å²) in [4.78, 5) is -0.0825. The van der Waals surface area contributed by atoms with Gasteiger partial charge in [0, 0.05) is 5.38 Å². The van der Waals surface area contributed by atoms with Crippen molar-refractivity contribution in [2.75, 3.05) is 0 Å². The molecule has 1 rings (SSSR count). The highest BCUT2D eigenvalue weighted by molar-refractivity contribution is 7.85. The van der Waals surface area contributed by atoms with Gasteiger partial charge in [0.1, 0.15) is 0 Å². The molecule has 0 saturated carbocycles. The molecule has 3 nitrogen and oxygen atoms in total. The smallest absolute Gasteiger partial charge is 0.282 e. The molecule has 0 aromatic heterocycles. The number of benzene rings is 1. The average molecular weight is 277 g/mol. The normalized spacial score (nSPS) is 13.6. The van der Waals surface area contributed by atoms with Gasteiger partial charge in [-0.15, -0.1) is 11.6 Å². The molecule has 0 amide bonds.